The molecule has 1 amide bonds. The van der Waals surface area contributed by atoms with E-state index in [-0.39, 0.29) is 12.0 Å². The van der Waals surface area contributed by atoms with Gasteiger partial charge in [0.05, 0.1) is 6.10 Å². The second-order valence-corrected chi connectivity index (χ2v) is 5.21. The van der Waals surface area contributed by atoms with Gasteiger partial charge in [0.25, 0.3) is 0 Å². The van der Waals surface area contributed by atoms with Gasteiger partial charge in [0.1, 0.15) is 6.54 Å². The largest absolute Gasteiger partial charge is 0.391 e. The number of hydrogen-bond acceptors (Lipinski definition) is 2. The highest BCUT2D eigenvalue weighted by atomic mass is 16.3. The van der Waals surface area contributed by atoms with Crippen LogP contribution in [0, 0.1) is 6.92 Å². The molecule has 0 bridgehead atoms. The van der Waals surface area contributed by atoms with Gasteiger partial charge in [0, 0.05) is 24.3 Å². The minimum atomic E-state index is -0.355. The molecule has 1 N–H and O–H groups in total. The van der Waals surface area contributed by atoms with Crippen molar-refractivity contribution < 1.29 is 9.90 Å². The molecule has 3 rings (SSSR count). The number of rotatable bonds is 2. The van der Waals surface area contributed by atoms with E-state index in [1.807, 2.05) is 29.7 Å². The Labute approximate surface area is 112 Å². The third-order valence-electron chi connectivity index (χ3n) is 3.83. The summed E-state index contributed by atoms with van der Waals surface area (Å²) in [6.45, 7) is 3.51. The smallest absolute Gasteiger partial charge is 0.242 e. The van der Waals surface area contributed by atoms with Gasteiger partial charge in [-0.15, -0.1) is 0 Å². The van der Waals surface area contributed by atoms with E-state index in [2.05, 4.69) is 12.1 Å². The Hall–Kier alpha value is -1.81. The molecule has 1 aromatic carbocycles. The van der Waals surface area contributed by atoms with Gasteiger partial charge in [-0.2, -0.15) is 0 Å². The van der Waals surface area contributed by atoms with Crippen LogP contribution in [0.4, 0.5) is 0 Å². The SMILES string of the molecule is Cc1cc2ccccc2n1CC(=O)N1CCC(O)C1. The number of benzene rings is 1. The zero-order chi connectivity index (χ0) is 13.4. The quantitative estimate of drug-likeness (QED) is 0.888. The molecule has 0 radical (unpaired) electrons. The molecule has 19 heavy (non-hydrogen) atoms. The number of aromatic nitrogens is 1. The summed E-state index contributed by atoms with van der Waals surface area (Å²) in [6.07, 6.45) is 0.336. The van der Waals surface area contributed by atoms with Crippen molar-refractivity contribution in [2.45, 2.75) is 26.0 Å². The topological polar surface area (TPSA) is 45.5 Å². The van der Waals surface area contributed by atoms with E-state index in [4.69, 9.17) is 0 Å². The van der Waals surface area contributed by atoms with Crippen molar-refractivity contribution in [2.24, 2.45) is 0 Å². The van der Waals surface area contributed by atoms with Crippen molar-refractivity contribution in [2.75, 3.05) is 13.1 Å². The lowest BCUT2D eigenvalue weighted by molar-refractivity contribution is -0.131. The molecular weight excluding hydrogens is 240 g/mol. The highest BCUT2D eigenvalue weighted by Crippen LogP contribution is 2.20. The predicted octanol–water partition coefficient (Wildman–Crippen LogP) is 1.54. The maximum absolute atomic E-state index is 12.2. The lowest BCUT2D eigenvalue weighted by atomic mass is 10.2. The molecule has 1 atom stereocenters. The number of aliphatic hydroxyl groups is 1. The molecule has 100 valence electrons. The molecule has 4 heteroatoms. The minimum Gasteiger partial charge on any atom is -0.391 e. The third-order valence-corrected chi connectivity index (χ3v) is 3.83. The van der Waals surface area contributed by atoms with Crippen molar-refractivity contribution in [3.63, 3.8) is 0 Å². The average Bonchev–Trinajstić information content (AvgIpc) is 2.95. The fourth-order valence-corrected chi connectivity index (χ4v) is 2.76. The summed E-state index contributed by atoms with van der Waals surface area (Å²) in [4.78, 5) is 14.0. The molecule has 1 saturated heterocycles. The number of fused-ring (bicyclic) bond motifs is 1. The van der Waals surface area contributed by atoms with E-state index in [9.17, 15) is 9.90 Å². The zero-order valence-electron chi connectivity index (χ0n) is 11.0. The van der Waals surface area contributed by atoms with Crippen LogP contribution in [-0.2, 0) is 11.3 Å². The van der Waals surface area contributed by atoms with Crippen molar-refractivity contribution in [3.05, 3.63) is 36.0 Å². The number of para-hydroxylation sites is 1. The lowest BCUT2D eigenvalue weighted by Crippen LogP contribution is -2.32. The molecular formula is C15H18N2O2. The number of nitrogens with zero attached hydrogens (tertiary/aromatic N) is 2. The van der Waals surface area contributed by atoms with Crippen LogP contribution in [0.25, 0.3) is 10.9 Å². The summed E-state index contributed by atoms with van der Waals surface area (Å²) in [5.41, 5.74) is 2.18. The summed E-state index contributed by atoms with van der Waals surface area (Å²) in [5.74, 6) is 0.0843. The molecule has 1 fully saturated rings. The number of aryl methyl sites for hydroxylation is 1. The Morgan fingerprint density at radius 3 is 2.95 bits per heavy atom. The number of aliphatic hydroxyl groups excluding tert-OH is 1. The van der Waals surface area contributed by atoms with E-state index in [1.165, 1.54) is 0 Å². The lowest BCUT2D eigenvalue weighted by Gasteiger charge is -2.17. The van der Waals surface area contributed by atoms with Gasteiger partial charge in [-0.05, 0) is 30.9 Å². The van der Waals surface area contributed by atoms with Crippen LogP contribution in [0.15, 0.2) is 30.3 Å². The fourth-order valence-electron chi connectivity index (χ4n) is 2.76. The number of β-amino-alcohol motifs (C(OH)–C–C–N with tert-alkyl or cyclic N) is 1. The second-order valence-electron chi connectivity index (χ2n) is 5.21. The van der Waals surface area contributed by atoms with E-state index < -0.39 is 0 Å². The second kappa shape index (κ2) is 4.70. The van der Waals surface area contributed by atoms with E-state index in [1.54, 1.807) is 4.90 Å². The molecule has 0 aliphatic carbocycles. The monoisotopic (exact) mass is 258 g/mol. The predicted molar refractivity (Wildman–Crippen MR) is 73.9 cm³/mol. The number of carbonyl (C=O) groups excluding carboxylic acids is 1. The molecule has 1 aromatic heterocycles. The van der Waals surface area contributed by atoms with Crippen molar-refractivity contribution in [1.82, 2.24) is 9.47 Å². The number of amides is 1. The van der Waals surface area contributed by atoms with Crippen molar-refractivity contribution >= 4 is 16.8 Å². The van der Waals surface area contributed by atoms with Gasteiger partial charge < -0.3 is 14.6 Å². The van der Waals surface area contributed by atoms with Crippen molar-refractivity contribution in [1.29, 1.82) is 0 Å². The first-order chi connectivity index (χ1) is 9.15. The average molecular weight is 258 g/mol. The van der Waals surface area contributed by atoms with Gasteiger partial charge in [-0.3, -0.25) is 4.79 Å². The summed E-state index contributed by atoms with van der Waals surface area (Å²) in [7, 11) is 0. The van der Waals surface area contributed by atoms with Gasteiger partial charge >= 0.3 is 0 Å². The molecule has 0 saturated carbocycles. The standard InChI is InChI=1S/C15H18N2O2/c1-11-8-12-4-2-3-5-14(12)17(11)10-15(19)16-7-6-13(18)9-16/h2-5,8,13,18H,6-7,9-10H2,1H3. The molecule has 1 aliphatic rings. The van der Waals surface area contributed by atoms with E-state index >= 15 is 0 Å². The summed E-state index contributed by atoms with van der Waals surface area (Å²) < 4.78 is 2.04. The highest BCUT2D eigenvalue weighted by Gasteiger charge is 2.24. The summed E-state index contributed by atoms with van der Waals surface area (Å²) >= 11 is 0. The normalized spacial score (nSPS) is 19.3. The first-order valence-corrected chi connectivity index (χ1v) is 6.66. The third kappa shape index (κ3) is 2.24. The first-order valence-electron chi connectivity index (χ1n) is 6.66. The number of likely N-dealkylation sites (tertiary alicyclic amines) is 1. The Balaban J connectivity index is 1.85. The fraction of sp³-hybridized carbons (Fsp3) is 0.400. The maximum Gasteiger partial charge on any atom is 0.242 e. The summed E-state index contributed by atoms with van der Waals surface area (Å²) in [6, 6.07) is 10.2. The van der Waals surface area contributed by atoms with Crippen LogP contribution in [-0.4, -0.2) is 39.7 Å². The molecule has 1 aliphatic heterocycles. The Kier molecular flexibility index (Phi) is 3.03. The van der Waals surface area contributed by atoms with Crippen LogP contribution in [0.2, 0.25) is 0 Å². The summed E-state index contributed by atoms with van der Waals surface area (Å²) in [5, 5.41) is 10.7. The van der Waals surface area contributed by atoms with E-state index in [0.717, 1.165) is 16.6 Å². The molecule has 1 unspecified atom stereocenters. The van der Waals surface area contributed by atoms with Crippen LogP contribution < -0.4 is 0 Å². The van der Waals surface area contributed by atoms with E-state index in [0.29, 0.717) is 26.1 Å². The van der Waals surface area contributed by atoms with Gasteiger partial charge in [0.2, 0.25) is 5.91 Å². The molecule has 2 aromatic rings. The van der Waals surface area contributed by atoms with Crippen LogP contribution in [0.1, 0.15) is 12.1 Å². The molecule has 0 spiro atoms. The molecule has 2 heterocycles. The van der Waals surface area contributed by atoms with Gasteiger partial charge in [-0.25, -0.2) is 0 Å². The first kappa shape index (κ1) is 12.2. The zero-order valence-corrected chi connectivity index (χ0v) is 11.0. The van der Waals surface area contributed by atoms with Crippen LogP contribution >= 0.6 is 0 Å². The highest BCUT2D eigenvalue weighted by molar-refractivity contribution is 5.84. The van der Waals surface area contributed by atoms with Crippen LogP contribution in [0.3, 0.4) is 0 Å². The molecule has 4 nitrogen and oxygen atoms in total. The van der Waals surface area contributed by atoms with Crippen molar-refractivity contribution in [3.8, 4) is 0 Å². The van der Waals surface area contributed by atoms with Crippen LogP contribution in [0.5, 0.6) is 0 Å². The minimum absolute atomic E-state index is 0.0843. The number of hydrogen-bond donors (Lipinski definition) is 1. The Morgan fingerprint density at radius 1 is 1.42 bits per heavy atom. The maximum atomic E-state index is 12.2. The number of carbonyl (C=O) groups is 1. The Morgan fingerprint density at radius 2 is 2.21 bits per heavy atom. The Bertz CT molecular complexity index is 618. The van der Waals surface area contributed by atoms with Gasteiger partial charge in [-0.1, -0.05) is 18.2 Å². The van der Waals surface area contributed by atoms with Gasteiger partial charge in [0.15, 0.2) is 0 Å².